The van der Waals surface area contributed by atoms with Crippen molar-refractivity contribution in [3.05, 3.63) is 0 Å². The van der Waals surface area contributed by atoms with Crippen LogP contribution in [0.15, 0.2) is 0 Å². The van der Waals surface area contributed by atoms with Crippen LogP contribution in [0.4, 0.5) is 0 Å². The van der Waals surface area contributed by atoms with Crippen LogP contribution in [-0.4, -0.2) is 36.6 Å². The van der Waals surface area contributed by atoms with Crippen molar-refractivity contribution >= 4 is 0 Å². The second-order valence-corrected chi connectivity index (χ2v) is 5.95. The van der Waals surface area contributed by atoms with Crippen LogP contribution in [0.2, 0.25) is 0 Å². The van der Waals surface area contributed by atoms with Gasteiger partial charge in [0, 0.05) is 24.7 Å². The van der Waals surface area contributed by atoms with E-state index in [1.165, 1.54) is 19.4 Å². The van der Waals surface area contributed by atoms with Crippen molar-refractivity contribution in [2.24, 2.45) is 11.8 Å². The normalized spacial score (nSPS) is 36.0. The molecule has 2 nitrogen and oxygen atoms in total. The van der Waals surface area contributed by atoms with E-state index in [2.05, 4.69) is 51.9 Å². The molecule has 0 amide bonds. The van der Waals surface area contributed by atoms with Crippen LogP contribution in [0.1, 0.15) is 47.5 Å². The lowest BCUT2D eigenvalue weighted by Gasteiger charge is -2.41. The Labute approximate surface area is 102 Å². The van der Waals surface area contributed by atoms with Gasteiger partial charge in [0.2, 0.25) is 0 Å². The van der Waals surface area contributed by atoms with Crippen LogP contribution in [0.3, 0.4) is 0 Å². The molecule has 0 saturated carbocycles. The number of hydrogen-bond acceptors (Lipinski definition) is 2. The Morgan fingerprint density at radius 3 is 2.50 bits per heavy atom. The monoisotopic (exact) mass is 226 g/mol. The number of hydrogen-bond donors (Lipinski definition) is 1. The van der Waals surface area contributed by atoms with Gasteiger partial charge in [0.25, 0.3) is 0 Å². The molecule has 0 spiro atoms. The Morgan fingerprint density at radius 2 is 1.94 bits per heavy atom. The van der Waals surface area contributed by atoms with Crippen LogP contribution in [0, 0.1) is 11.8 Å². The van der Waals surface area contributed by atoms with Gasteiger partial charge in [-0.1, -0.05) is 27.2 Å². The first-order chi connectivity index (χ1) is 7.45. The van der Waals surface area contributed by atoms with Gasteiger partial charge >= 0.3 is 0 Å². The molecule has 5 unspecified atom stereocenters. The van der Waals surface area contributed by atoms with E-state index in [9.17, 15) is 0 Å². The van der Waals surface area contributed by atoms with Crippen molar-refractivity contribution in [2.75, 3.05) is 13.6 Å². The van der Waals surface area contributed by atoms with E-state index in [1.807, 2.05) is 0 Å². The van der Waals surface area contributed by atoms with Gasteiger partial charge in [0.1, 0.15) is 0 Å². The summed E-state index contributed by atoms with van der Waals surface area (Å²) in [4.78, 5) is 2.48. The van der Waals surface area contributed by atoms with Gasteiger partial charge in [0.05, 0.1) is 0 Å². The first-order valence-electron chi connectivity index (χ1n) is 6.92. The van der Waals surface area contributed by atoms with E-state index in [1.54, 1.807) is 0 Å². The maximum atomic E-state index is 3.84. The smallest absolute Gasteiger partial charge is 0.0122 e. The van der Waals surface area contributed by atoms with Crippen LogP contribution >= 0.6 is 0 Å². The average molecular weight is 226 g/mol. The fraction of sp³-hybridized carbons (Fsp3) is 1.00. The Morgan fingerprint density at radius 1 is 1.31 bits per heavy atom. The lowest BCUT2D eigenvalue weighted by atomic mass is 9.88. The molecule has 2 heteroatoms. The minimum absolute atomic E-state index is 0.646. The molecule has 0 bridgehead atoms. The summed E-state index contributed by atoms with van der Waals surface area (Å²) >= 11 is 0. The van der Waals surface area contributed by atoms with Gasteiger partial charge in [0.15, 0.2) is 0 Å². The Hall–Kier alpha value is -0.0800. The average Bonchev–Trinajstić information content (AvgIpc) is 2.24. The van der Waals surface area contributed by atoms with E-state index in [4.69, 9.17) is 0 Å². The summed E-state index contributed by atoms with van der Waals surface area (Å²) in [6.07, 6.45) is 2.56. The van der Waals surface area contributed by atoms with Crippen molar-refractivity contribution in [1.82, 2.24) is 10.2 Å². The van der Waals surface area contributed by atoms with Crippen LogP contribution in [0.25, 0.3) is 0 Å². The standard InChI is InChI=1S/C14H30N2/c1-7-10(2)13(5)15-14-8-12(4)16(6)9-11(14)3/h10-15H,7-9H2,1-6H3. The maximum absolute atomic E-state index is 3.84. The molecular formula is C14H30N2. The molecule has 0 aromatic heterocycles. The molecule has 1 rings (SSSR count). The van der Waals surface area contributed by atoms with E-state index in [0.717, 1.165) is 17.9 Å². The largest absolute Gasteiger partial charge is 0.311 e. The fourth-order valence-electron chi connectivity index (χ4n) is 2.63. The quantitative estimate of drug-likeness (QED) is 0.793. The van der Waals surface area contributed by atoms with Crippen molar-refractivity contribution in [3.63, 3.8) is 0 Å². The maximum Gasteiger partial charge on any atom is 0.0122 e. The first kappa shape index (κ1) is 14.0. The third kappa shape index (κ3) is 3.46. The van der Waals surface area contributed by atoms with Crippen LogP contribution in [-0.2, 0) is 0 Å². The number of rotatable bonds is 4. The van der Waals surface area contributed by atoms with Crippen molar-refractivity contribution in [2.45, 2.75) is 65.6 Å². The van der Waals surface area contributed by atoms with E-state index >= 15 is 0 Å². The predicted octanol–water partition coefficient (Wildman–Crippen LogP) is 2.74. The van der Waals surface area contributed by atoms with Gasteiger partial charge in [-0.05, 0) is 39.2 Å². The molecule has 1 N–H and O–H groups in total. The number of likely N-dealkylation sites (tertiary alicyclic amines) is 1. The van der Waals surface area contributed by atoms with Gasteiger partial charge in [-0.25, -0.2) is 0 Å². The van der Waals surface area contributed by atoms with Gasteiger partial charge in [-0.15, -0.1) is 0 Å². The Balaban J connectivity index is 2.47. The Kier molecular flexibility index (Phi) is 5.26. The summed E-state index contributed by atoms with van der Waals surface area (Å²) in [6, 6.07) is 2.07. The molecule has 1 saturated heterocycles. The molecule has 1 fully saturated rings. The Bertz CT molecular complexity index is 205. The van der Waals surface area contributed by atoms with Gasteiger partial charge in [-0.2, -0.15) is 0 Å². The highest BCUT2D eigenvalue weighted by atomic mass is 15.2. The third-order valence-corrected chi connectivity index (χ3v) is 4.58. The number of nitrogens with zero attached hydrogens (tertiary/aromatic N) is 1. The van der Waals surface area contributed by atoms with Crippen molar-refractivity contribution < 1.29 is 0 Å². The summed E-state index contributed by atoms with van der Waals surface area (Å²) in [7, 11) is 2.25. The zero-order valence-electron chi connectivity index (χ0n) is 12.0. The lowest BCUT2D eigenvalue weighted by molar-refractivity contribution is 0.112. The van der Waals surface area contributed by atoms with Crippen molar-refractivity contribution in [1.29, 1.82) is 0 Å². The molecule has 1 heterocycles. The fourth-order valence-corrected chi connectivity index (χ4v) is 2.63. The highest BCUT2D eigenvalue weighted by Crippen LogP contribution is 2.22. The topological polar surface area (TPSA) is 15.3 Å². The molecule has 0 aromatic rings. The van der Waals surface area contributed by atoms with Crippen LogP contribution < -0.4 is 5.32 Å². The minimum Gasteiger partial charge on any atom is -0.311 e. The summed E-state index contributed by atoms with van der Waals surface area (Å²) in [5.74, 6) is 1.55. The second-order valence-electron chi connectivity index (χ2n) is 5.95. The molecule has 5 atom stereocenters. The molecule has 16 heavy (non-hydrogen) atoms. The molecular weight excluding hydrogens is 196 g/mol. The van der Waals surface area contributed by atoms with Crippen molar-refractivity contribution in [3.8, 4) is 0 Å². The lowest BCUT2D eigenvalue weighted by Crippen LogP contribution is -2.53. The number of piperidine rings is 1. The van der Waals surface area contributed by atoms with E-state index in [0.29, 0.717) is 12.1 Å². The van der Waals surface area contributed by atoms with E-state index in [-0.39, 0.29) is 0 Å². The molecule has 0 aliphatic carbocycles. The molecule has 0 aromatic carbocycles. The second kappa shape index (κ2) is 6.02. The third-order valence-electron chi connectivity index (χ3n) is 4.58. The highest BCUT2D eigenvalue weighted by Gasteiger charge is 2.29. The zero-order chi connectivity index (χ0) is 12.3. The summed E-state index contributed by atoms with van der Waals surface area (Å²) in [5, 5.41) is 3.84. The molecule has 96 valence electrons. The van der Waals surface area contributed by atoms with Crippen LogP contribution in [0.5, 0.6) is 0 Å². The van der Waals surface area contributed by atoms with Gasteiger partial charge < -0.3 is 10.2 Å². The van der Waals surface area contributed by atoms with E-state index < -0.39 is 0 Å². The minimum atomic E-state index is 0.646. The SMILES string of the molecule is CCC(C)C(C)NC1CC(C)N(C)CC1C. The van der Waals surface area contributed by atoms with Gasteiger partial charge in [-0.3, -0.25) is 0 Å². The predicted molar refractivity (Wildman–Crippen MR) is 71.7 cm³/mol. The summed E-state index contributed by atoms with van der Waals surface area (Å²) < 4.78 is 0. The molecule has 0 radical (unpaired) electrons. The summed E-state index contributed by atoms with van der Waals surface area (Å²) in [6.45, 7) is 12.9. The first-order valence-corrected chi connectivity index (χ1v) is 6.92. The number of nitrogens with one attached hydrogen (secondary N) is 1. The summed E-state index contributed by atoms with van der Waals surface area (Å²) in [5.41, 5.74) is 0. The zero-order valence-corrected chi connectivity index (χ0v) is 12.0. The molecule has 1 aliphatic rings. The highest BCUT2D eigenvalue weighted by molar-refractivity contribution is 4.88. The molecule has 1 aliphatic heterocycles.